The van der Waals surface area contributed by atoms with Gasteiger partial charge in [0.25, 0.3) is 0 Å². The molecular weight excluding hydrogens is 202 g/mol. The van der Waals surface area contributed by atoms with Crippen molar-refractivity contribution >= 4 is 0 Å². The van der Waals surface area contributed by atoms with Crippen LogP contribution < -0.4 is 5.32 Å². The Bertz CT molecular complexity index is 189. The lowest BCUT2D eigenvalue weighted by Gasteiger charge is -2.38. The molecule has 16 heavy (non-hydrogen) atoms. The minimum atomic E-state index is 0.594. The number of rotatable bonds is 6. The van der Waals surface area contributed by atoms with Gasteiger partial charge >= 0.3 is 0 Å². The molecule has 0 saturated carbocycles. The van der Waals surface area contributed by atoms with Gasteiger partial charge in [-0.05, 0) is 26.6 Å². The summed E-state index contributed by atoms with van der Waals surface area (Å²) in [4.78, 5) is 4.86. The van der Waals surface area contributed by atoms with Gasteiger partial charge in [-0.1, -0.05) is 6.92 Å². The van der Waals surface area contributed by atoms with Gasteiger partial charge in [-0.15, -0.1) is 0 Å². The fraction of sp³-hybridized carbons (Fsp3) is 1.00. The number of nitrogens with zero attached hydrogens (tertiary/aromatic N) is 2. The largest absolute Gasteiger partial charge is 0.384 e. The molecule has 1 N–H and O–H groups in total. The van der Waals surface area contributed by atoms with E-state index in [0.29, 0.717) is 12.0 Å². The SMILES string of the molecule is COCC(C)CNCC1CN(C)CCN1C. The third-order valence-corrected chi connectivity index (χ3v) is 3.30. The fourth-order valence-electron chi connectivity index (χ4n) is 2.16. The van der Waals surface area contributed by atoms with Gasteiger partial charge in [0.05, 0.1) is 0 Å². The van der Waals surface area contributed by atoms with E-state index in [1.165, 1.54) is 19.6 Å². The van der Waals surface area contributed by atoms with E-state index in [0.717, 1.165) is 19.7 Å². The van der Waals surface area contributed by atoms with Crippen LogP contribution in [0.2, 0.25) is 0 Å². The topological polar surface area (TPSA) is 27.7 Å². The first-order chi connectivity index (χ1) is 7.63. The van der Waals surface area contributed by atoms with Crippen LogP contribution in [0.5, 0.6) is 0 Å². The first-order valence-corrected chi connectivity index (χ1v) is 6.22. The molecular formula is C12H27N3O. The molecule has 0 amide bonds. The molecule has 1 saturated heterocycles. The van der Waals surface area contributed by atoms with Crippen LogP contribution in [0.15, 0.2) is 0 Å². The van der Waals surface area contributed by atoms with Crippen LogP contribution in [0.4, 0.5) is 0 Å². The normalized spacial score (nSPS) is 25.9. The average Bonchev–Trinajstić information content (AvgIpc) is 2.23. The van der Waals surface area contributed by atoms with Crippen molar-refractivity contribution in [2.24, 2.45) is 5.92 Å². The molecule has 1 aliphatic heterocycles. The Morgan fingerprint density at radius 2 is 2.12 bits per heavy atom. The van der Waals surface area contributed by atoms with E-state index in [1.807, 2.05) is 0 Å². The minimum Gasteiger partial charge on any atom is -0.384 e. The molecule has 2 atom stereocenters. The molecule has 1 aliphatic rings. The molecule has 96 valence electrons. The Kier molecular flexibility index (Phi) is 6.28. The lowest BCUT2D eigenvalue weighted by Crippen LogP contribution is -2.54. The number of piperazine rings is 1. The van der Waals surface area contributed by atoms with Crippen molar-refractivity contribution in [3.63, 3.8) is 0 Å². The molecule has 0 bridgehead atoms. The smallest absolute Gasteiger partial charge is 0.0499 e. The van der Waals surface area contributed by atoms with Crippen molar-refractivity contribution in [2.75, 3.05) is 60.5 Å². The van der Waals surface area contributed by atoms with Gasteiger partial charge in [-0.25, -0.2) is 0 Å². The molecule has 0 aromatic rings. The summed E-state index contributed by atoms with van der Waals surface area (Å²) >= 11 is 0. The van der Waals surface area contributed by atoms with Crippen molar-refractivity contribution in [1.29, 1.82) is 0 Å². The van der Waals surface area contributed by atoms with Crippen molar-refractivity contribution in [3.05, 3.63) is 0 Å². The summed E-state index contributed by atoms with van der Waals surface area (Å²) in [6, 6.07) is 0.647. The molecule has 1 heterocycles. The Morgan fingerprint density at radius 3 is 2.81 bits per heavy atom. The zero-order valence-corrected chi connectivity index (χ0v) is 11.2. The number of methoxy groups -OCH3 is 1. The predicted octanol–water partition coefficient (Wildman–Crippen LogP) is 0.104. The summed E-state index contributed by atoms with van der Waals surface area (Å²) in [6.07, 6.45) is 0. The third kappa shape index (κ3) is 4.78. The molecule has 0 aromatic heterocycles. The average molecular weight is 229 g/mol. The highest BCUT2D eigenvalue weighted by molar-refractivity contribution is 4.80. The second-order valence-electron chi connectivity index (χ2n) is 5.12. The van der Waals surface area contributed by atoms with Crippen LogP contribution in [0.25, 0.3) is 0 Å². The lowest BCUT2D eigenvalue weighted by atomic mass is 10.1. The van der Waals surface area contributed by atoms with E-state index >= 15 is 0 Å². The summed E-state index contributed by atoms with van der Waals surface area (Å²) in [5.74, 6) is 0.594. The monoisotopic (exact) mass is 229 g/mol. The maximum atomic E-state index is 5.13. The van der Waals surface area contributed by atoms with Gasteiger partial charge in [0.1, 0.15) is 0 Å². The molecule has 4 heteroatoms. The van der Waals surface area contributed by atoms with Crippen molar-refractivity contribution in [1.82, 2.24) is 15.1 Å². The molecule has 0 aromatic carbocycles. The summed E-state index contributed by atoms with van der Waals surface area (Å²) in [6.45, 7) is 8.71. The zero-order valence-electron chi connectivity index (χ0n) is 11.2. The van der Waals surface area contributed by atoms with E-state index in [-0.39, 0.29) is 0 Å². The maximum Gasteiger partial charge on any atom is 0.0499 e. The zero-order chi connectivity index (χ0) is 12.0. The summed E-state index contributed by atoms with van der Waals surface area (Å²) < 4.78 is 5.13. The van der Waals surface area contributed by atoms with Gasteiger partial charge in [0, 0.05) is 45.9 Å². The Balaban J connectivity index is 2.15. The van der Waals surface area contributed by atoms with Crippen LogP contribution in [0.1, 0.15) is 6.92 Å². The molecule has 1 fully saturated rings. The molecule has 1 rings (SSSR count). The van der Waals surface area contributed by atoms with Gasteiger partial charge in [-0.3, -0.25) is 4.90 Å². The van der Waals surface area contributed by atoms with Crippen LogP contribution in [-0.2, 0) is 4.74 Å². The Hall–Kier alpha value is -0.160. The highest BCUT2D eigenvalue weighted by Gasteiger charge is 2.21. The Morgan fingerprint density at radius 1 is 1.38 bits per heavy atom. The second kappa shape index (κ2) is 7.22. The summed E-state index contributed by atoms with van der Waals surface area (Å²) in [7, 11) is 6.19. The fourth-order valence-corrected chi connectivity index (χ4v) is 2.16. The maximum absolute atomic E-state index is 5.13. The molecule has 0 radical (unpaired) electrons. The number of nitrogens with one attached hydrogen (secondary N) is 1. The standard InChI is InChI=1S/C12H27N3O/c1-11(10-16-4)7-13-8-12-9-14(2)5-6-15(12)3/h11-13H,5-10H2,1-4H3. The van der Waals surface area contributed by atoms with Crippen LogP contribution in [-0.4, -0.2) is 76.4 Å². The van der Waals surface area contributed by atoms with E-state index in [2.05, 4.69) is 36.1 Å². The first kappa shape index (κ1) is 13.9. The summed E-state index contributed by atoms with van der Waals surface area (Å²) in [5, 5.41) is 3.54. The van der Waals surface area contributed by atoms with E-state index < -0.39 is 0 Å². The molecule has 4 nitrogen and oxygen atoms in total. The minimum absolute atomic E-state index is 0.594. The lowest BCUT2D eigenvalue weighted by molar-refractivity contribution is 0.110. The third-order valence-electron chi connectivity index (χ3n) is 3.30. The highest BCUT2D eigenvalue weighted by Crippen LogP contribution is 2.04. The van der Waals surface area contributed by atoms with E-state index in [4.69, 9.17) is 4.74 Å². The van der Waals surface area contributed by atoms with Gasteiger partial charge in [0.15, 0.2) is 0 Å². The van der Waals surface area contributed by atoms with Gasteiger partial charge in [0.2, 0.25) is 0 Å². The van der Waals surface area contributed by atoms with Gasteiger partial charge < -0.3 is 15.0 Å². The second-order valence-corrected chi connectivity index (χ2v) is 5.12. The van der Waals surface area contributed by atoms with Crippen LogP contribution >= 0.6 is 0 Å². The Labute approximate surface area is 99.9 Å². The van der Waals surface area contributed by atoms with Crippen LogP contribution in [0, 0.1) is 5.92 Å². The first-order valence-electron chi connectivity index (χ1n) is 6.22. The predicted molar refractivity (Wildman–Crippen MR) is 67.8 cm³/mol. The van der Waals surface area contributed by atoms with E-state index in [9.17, 15) is 0 Å². The number of hydrogen-bond acceptors (Lipinski definition) is 4. The van der Waals surface area contributed by atoms with Crippen molar-refractivity contribution < 1.29 is 4.74 Å². The van der Waals surface area contributed by atoms with E-state index in [1.54, 1.807) is 7.11 Å². The molecule has 2 unspecified atom stereocenters. The molecule has 0 spiro atoms. The van der Waals surface area contributed by atoms with Crippen molar-refractivity contribution in [3.8, 4) is 0 Å². The number of likely N-dealkylation sites (N-methyl/N-ethyl adjacent to an activating group) is 2. The van der Waals surface area contributed by atoms with Gasteiger partial charge in [-0.2, -0.15) is 0 Å². The highest BCUT2D eigenvalue weighted by atomic mass is 16.5. The number of ether oxygens (including phenoxy) is 1. The van der Waals surface area contributed by atoms with Crippen molar-refractivity contribution in [2.45, 2.75) is 13.0 Å². The quantitative estimate of drug-likeness (QED) is 0.699. The number of hydrogen-bond donors (Lipinski definition) is 1. The summed E-state index contributed by atoms with van der Waals surface area (Å²) in [5.41, 5.74) is 0. The molecule has 0 aliphatic carbocycles. The van der Waals surface area contributed by atoms with Crippen LogP contribution in [0.3, 0.4) is 0 Å².